The lowest BCUT2D eigenvalue weighted by atomic mass is 10.1. The van der Waals surface area contributed by atoms with Gasteiger partial charge in [-0.25, -0.2) is 0 Å². The Balaban J connectivity index is 1.54. The Kier molecular flexibility index (Phi) is 7.25. The van der Waals surface area contributed by atoms with Gasteiger partial charge < -0.3 is 16.0 Å². The molecule has 3 aromatic carbocycles. The highest BCUT2D eigenvalue weighted by Gasteiger charge is 2.11. The summed E-state index contributed by atoms with van der Waals surface area (Å²) >= 11 is 5.93. The third-order valence-corrected chi connectivity index (χ3v) is 4.50. The first-order chi connectivity index (χ1) is 14.1. The Labute approximate surface area is 175 Å². The zero-order chi connectivity index (χ0) is 20.5. The van der Waals surface area contributed by atoms with Gasteiger partial charge in [0.25, 0.3) is 5.91 Å². The molecule has 0 saturated heterocycles. The smallest absolute Gasteiger partial charge is 0.253 e. The maximum Gasteiger partial charge on any atom is 0.253 e. The number of carbonyl (C=O) groups is 2. The molecule has 0 atom stereocenters. The standard InChI is InChI=1S/C23H22ClN3O2/c24-18-9-6-10-19(15-18)27-22(28)16-26-21-12-5-4-11-20(21)23(29)25-14-13-17-7-2-1-3-8-17/h1-12,15,26H,13-14,16H2,(H,25,29)(H,27,28). The predicted molar refractivity (Wildman–Crippen MR) is 117 cm³/mol. The van der Waals surface area contributed by atoms with Crippen LogP contribution >= 0.6 is 11.6 Å². The first-order valence-electron chi connectivity index (χ1n) is 9.32. The van der Waals surface area contributed by atoms with Crippen LogP contribution in [0.25, 0.3) is 0 Å². The van der Waals surface area contributed by atoms with E-state index in [1.807, 2.05) is 36.4 Å². The fourth-order valence-electron chi connectivity index (χ4n) is 2.84. The molecule has 0 aliphatic heterocycles. The number of carbonyl (C=O) groups excluding carboxylic acids is 2. The summed E-state index contributed by atoms with van der Waals surface area (Å²) in [7, 11) is 0. The van der Waals surface area contributed by atoms with Crippen LogP contribution in [0, 0.1) is 0 Å². The average molecular weight is 408 g/mol. The van der Waals surface area contributed by atoms with Crippen LogP contribution in [-0.2, 0) is 11.2 Å². The summed E-state index contributed by atoms with van der Waals surface area (Å²) in [5.41, 5.74) is 2.88. The van der Waals surface area contributed by atoms with Crippen molar-refractivity contribution in [3.05, 3.63) is 95.0 Å². The lowest BCUT2D eigenvalue weighted by molar-refractivity contribution is -0.114. The van der Waals surface area contributed by atoms with E-state index in [0.29, 0.717) is 28.5 Å². The molecule has 0 heterocycles. The lowest BCUT2D eigenvalue weighted by Crippen LogP contribution is -2.28. The number of hydrogen-bond acceptors (Lipinski definition) is 3. The van der Waals surface area contributed by atoms with Crippen molar-refractivity contribution < 1.29 is 9.59 Å². The van der Waals surface area contributed by atoms with Gasteiger partial charge in [-0.2, -0.15) is 0 Å². The van der Waals surface area contributed by atoms with Crippen LogP contribution in [0.2, 0.25) is 5.02 Å². The van der Waals surface area contributed by atoms with Gasteiger partial charge in [-0.3, -0.25) is 9.59 Å². The molecule has 148 valence electrons. The Morgan fingerprint density at radius 3 is 2.41 bits per heavy atom. The second-order valence-corrected chi connectivity index (χ2v) is 6.89. The number of nitrogens with one attached hydrogen (secondary N) is 3. The number of anilines is 2. The van der Waals surface area contributed by atoms with Gasteiger partial charge in [-0.05, 0) is 42.3 Å². The van der Waals surface area contributed by atoms with Crippen molar-refractivity contribution in [2.24, 2.45) is 0 Å². The quantitative estimate of drug-likeness (QED) is 0.519. The Bertz CT molecular complexity index is 977. The van der Waals surface area contributed by atoms with Gasteiger partial charge in [-0.15, -0.1) is 0 Å². The van der Waals surface area contributed by atoms with Crippen LogP contribution in [0.1, 0.15) is 15.9 Å². The van der Waals surface area contributed by atoms with Crippen molar-refractivity contribution in [1.82, 2.24) is 5.32 Å². The van der Waals surface area contributed by atoms with E-state index in [0.717, 1.165) is 12.0 Å². The molecule has 3 rings (SSSR count). The zero-order valence-corrected chi connectivity index (χ0v) is 16.6. The normalized spacial score (nSPS) is 10.2. The minimum atomic E-state index is -0.230. The van der Waals surface area contributed by atoms with Crippen LogP contribution in [0.15, 0.2) is 78.9 Å². The van der Waals surface area contributed by atoms with E-state index < -0.39 is 0 Å². The largest absolute Gasteiger partial charge is 0.376 e. The van der Waals surface area contributed by atoms with Crippen LogP contribution in [0.5, 0.6) is 0 Å². The first-order valence-corrected chi connectivity index (χ1v) is 9.70. The van der Waals surface area contributed by atoms with Gasteiger partial charge in [0, 0.05) is 22.9 Å². The van der Waals surface area contributed by atoms with E-state index >= 15 is 0 Å². The second kappa shape index (κ2) is 10.3. The minimum absolute atomic E-state index is 0.0286. The summed E-state index contributed by atoms with van der Waals surface area (Å²) in [5.74, 6) is -0.411. The van der Waals surface area contributed by atoms with Gasteiger partial charge in [0.15, 0.2) is 0 Å². The maximum atomic E-state index is 12.6. The van der Waals surface area contributed by atoms with Crippen molar-refractivity contribution in [3.8, 4) is 0 Å². The molecular weight excluding hydrogens is 386 g/mol. The summed E-state index contributed by atoms with van der Waals surface area (Å²) in [6.07, 6.45) is 0.754. The highest BCUT2D eigenvalue weighted by Crippen LogP contribution is 2.16. The molecule has 5 nitrogen and oxygen atoms in total. The number of para-hydroxylation sites is 1. The Morgan fingerprint density at radius 2 is 1.62 bits per heavy atom. The minimum Gasteiger partial charge on any atom is -0.376 e. The van der Waals surface area contributed by atoms with Gasteiger partial charge >= 0.3 is 0 Å². The van der Waals surface area contributed by atoms with Gasteiger partial charge in [0.05, 0.1) is 12.1 Å². The topological polar surface area (TPSA) is 70.2 Å². The van der Waals surface area contributed by atoms with Gasteiger partial charge in [-0.1, -0.05) is 60.1 Å². The molecule has 29 heavy (non-hydrogen) atoms. The van der Waals surface area contributed by atoms with Crippen molar-refractivity contribution in [2.75, 3.05) is 23.7 Å². The highest BCUT2D eigenvalue weighted by molar-refractivity contribution is 6.30. The molecule has 0 fully saturated rings. The molecule has 3 N–H and O–H groups in total. The molecule has 0 aromatic heterocycles. The number of halogens is 1. The van der Waals surface area contributed by atoms with E-state index in [-0.39, 0.29) is 18.4 Å². The van der Waals surface area contributed by atoms with E-state index in [9.17, 15) is 9.59 Å². The molecular formula is C23H22ClN3O2. The molecule has 0 bridgehead atoms. The highest BCUT2D eigenvalue weighted by atomic mass is 35.5. The van der Waals surface area contributed by atoms with Crippen LogP contribution in [0.4, 0.5) is 11.4 Å². The van der Waals surface area contributed by atoms with Crippen LogP contribution in [0.3, 0.4) is 0 Å². The molecule has 0 aliphatic carbocycles. The van der Waals surface area contributed by atoms with Crippen molar-refractivity contribution in [1.29, 1.82) is 0 Å². The van der Waals surface area contributed by atoms with Crippen LogP contribution < -0.4 is 16.0 Å². The van der Waals surface area contributed by atoms with Crippen molar-refractivity contribution in [2.45, 2.75) is 6.42 Å². The summed E-state index contributed by atoms with van der Waals surface area (Å²) in [6, 6.07) is 24.0. The third kappa shape index (κ3) is 6.36. The van der Waals surface area contributed by atoms with E-state index in [2.05, 4.69) is 16.0 Å². The summed E-state index contributed by atoms with van der Waals surface area (Å²) in [4.78, 5) is 24.8. The molecule has 2 amide bonds. The number of rotatable bonds is 8. The Morgan fingerprint density at radius 1 is 0.862 bits per heavy atom. The fourth-order valence-corrected chi connectivity index (χ4v) is 3.03. The second-order valence-electron chi connectivity index (χ2n) is 6.45. The summed E-state index contributed by atoms with van der Waals surface area (Å²) in [6.45, 7) is 0.563. The molecule has 0 aliphatic rings. The van der Waals surface area contributed by atoms with Crippen molar-refractivity contribution in [3.63, 3.8) is 0 Å². The van der Waals surface area contributed by atoms with Gasteiger partial charge in [0.1, 0.15) is 0 Å². The van der Waals surface area contributed by atoms with Crippen molar-refractivity contribution >= 4 is 34.8 Å². The number of hydrogen-bond donors (Lipinski definition) is 3. The first kappa shape index (κ1) is 20.4. The monoisotopic (exact) mass is 407 g/mol. The molecule has 0 unspecified atom stereocenters. The van der Waals surface area contributed by atoms with E-state index in [1.165, 1.54) is 0 Å². The molecule has 0 spiro atoms. The average Bonchev–Trinajstić information content (AvgIpc) is 2.73. The molecule has 3 aromatic rings. The van der Waals surface area contributed by atoms with E-state index in [4.69, 9.17) is 11.6 Å². The van der Waals surface area contributed by atoms with Gasteiger partial charge in [0.2, 0.25) is 5.91 Å². The van der Waals surface area contributed by atoms with Crippen LogP contribution in [-0.4, -0.2) is 24.9 Å². The SMILES string of the molecule is O=C(CNc1ccccc1C(=O)NCCc1ccccc1)Nc1cccc(Cl)c1. The molecule has 0 radical (unpaired) electrons. The predicted octanol–water partition coefficient (Wildman–Crippen LogP) is 4.36. The lowest BCUT2D eigenvalue weighted by Gasteiger charge is -2.12. The Hall–Kier alpha value is -3.31. The zero-order valence-electron chi connectivity index (χ0n) is 15.8. The summed E-state index contributed by atoms with van der Waals surface area (Å²) in [5, 5.41) is 9.28. The fraction of sp³-hybridized carbons (Fsp3) is 0.130. The third-order valence-electron chi connectivity index (χ3n) is 4.26. The van der Waals surface area contributed by atoms with E-state index in [1.54, 1.807) is 42.5 Å². The molecule has 0 saturated carbocycles. The number of benzene rings is 3. The summed E-state index contributed by atoms with van der Waals surface area (Å²) < 4.78 is 0. The maximum absolute atomic E-state index is 12.6. The number of amides is 2. The molecule has 6 heteroatoms.